The molecule has 1 atom stereocenters. The Balaban J connectivity index is 2.33. The highest BCUT2D eigenvalue weighted by Gasteiger charge is 2.20. The first-order chi connectivity index (χ1) is 14.6. The molecule has 0 aliphatic heterocycles. The van der Waals surface area contributed by atoms with E-state index in [0.717, 1.165) is 0 Å². The van der Waals surface area contributed by atoms with Crippen molar-refractivity contribution in [3.8, 4) is 5.75 Å². The largest absolute Gasteiger partial charge is 0.491 e. The van der Waals surface area contributed by atoms with E-state index >= 15 is 0 Å². The second kappa shape index (κ2) is 9.08. The first kappa shape index (κ1) is 22.8. The zero-order chi connectivity index (χ0) is 22.9. The van der Waals surface area contributed by atoms with E-state index in [0.29, 0.717) is 22.4 Å². The normalized spacial score (nSPS) is 12.4. The fourth-order valence-electron chi connectivity index (χ4n) is 3.42. The van der Waals surface area contributed by atoms with Crippen molar-refractivity contribution < 1.29 is 24.1 Å². The van der Waals surface area contributed by atoms with Crippen molar-refractivity contribution in [2.75, 3.05) is 6.61 Å². The molecule has 0 bridgehead atoms. The predicted octanol–water partition coefficient (Wildman–Crippen LogP) is 4.42. The topological polar surface area (TPSA) is 88.8 Å². The molecule has 0 radical (unpaired) electrons. The molecule has 1 aromatic heterocycles. The number of carboxylic acids is 1. The Hall–Kier alpha value is -2.90. The molecule has 0 saturated heterocycles. The van der Waals surface area contributed by atoms with E-state index in [1.165, 1.54) is 22.9 Å². The molecule has 0 saturated carbocycles. The molecule has 6 nitrogen and oxygen atoms in total. The minimum atomic E-state index is -1.37. The van der Waals surface area contributed by atoms with Crippen LogP contribution in [0.25, 0.3) is 10.9 Å². The van der Waals surface area contributed by atoms with Gasteiger partial charge >= 0.3 is 5.97 Å². The van der Waals surface area contributed by atoms with Gasteiger partial charge in [-0.15, -0.1) is 0 Å². The van der Waals surface area contributed by atoms with Crippen molar-refractivity contribution in [2.45, 2.75) is 39.3 Å². The minimum absolute atomic E-state index is 0.0168. The number of aromatic carboxylic acids is 1. The average molecular weight is 448 g/mol. The van der Waals surface area contributed by atoms with Crippen LogP contribution in [-0.4, -0.2) is 33.5 Å². The summed E-state index contributed by atoms with van der Waals surface area (Å²) >= 11 is 5.90. The summed E-state index contributed by atoms with van der Waals surface area (Å²) in [6.07, 6.45) is 1.12. The van der Waals surface area contributed by atoms with E-state index in [9.17, 15) is 24.2 Å². The van der Waals surface area contributed by atoms with E-state index in [4.69, 9.17) is 16.3 Å². The number of halogens is 2. The highest BCUT2D eigenvalue weighted by atomic mass is 35.5. The van der Waals surface area contributed by atoms with Crippen LogP contribution in [-0.2, 0) is 6.42 Å². The number of carboxylic acid groups (broad SMARTS) is 1. The Morgan fingerprint density at radius 3 is 2.55 bits per heavy atom. The van der Waals surface area contributed by atoms with Gasteiger partial charge in [-0.25, -0.2) is 9.18 Å². The van der Waals surface area contributed by atoms with Crippen molar-refractivity contribution >= 4 is 28.5 Å². The van der Waals surface area contributed by atoms with Crippen molar-refractivity contribution in [1.29, 1.82) is 0 Å². The first-order valence-electron chi connectivity index (χ1n) is 9.79. The second-order valence-corrected chi connectivity index (χ2v) is 8.06. The summed E-state index contributed by atoms with van der Waals surface area (Å²) in [5.74, 6) is -1.50. The van der Waals surface area contributed by atoms with Gasteiger partial charge in [0, 0.05) is 24.1 Å². The zero-order valence-corrected chi connectivity index (χ0v) is 18.1. The number of ether oxygens (including phenoxy) is 1. The van der Waals surface area contributed by atoms with E-state index < -0.39 is 28.8 Å². The third-order valence-corrected chi connectivity index (χ3v) is 5.25. The maximum absolute atomic E-state index is 14.5. The molecule has 0 aliphatic carbocycles. The van der Waals surface area contributed by atoms with Crippen LogP contribution in [0.15, 0.2) is 41.3 Å². The number of hydrogen-bond donors (Lipinski definition) is 2. The van der Waals surface area contributed by atoms with Gasteiger partial charge in [-0.05, 0) is 44.0 Å². The second-order valence-electron chi connectivity index (χ2n) is 7.65. The monoisotopic (exact) mass is 447 g/mol. The fraction of sp³-hybridized carbons (Fsp3) is 0.304. The molecule has 0 spiro atoms. The minimum Gasteiger partial charge on any atom is -0.491 e. The van der Waals surface area contributed by atoms with Gasteiger partial charge in [-0.2, -0.15) is 0 Å². The fourth-order valence-corrected chi connectivity index (χ4v) is 3.61. The maximum atomic E-state index is 14.5. The van der Waals surface area contributed by atoms with Crippen LogP contribution in [0.4, 0.5) is 4.39 Å². The molecule has 0 fully saturated rings. The van der Waals surface area contributed by atoms with Gasteiger partial charge in [-0.3, -0.25) is 4.79 Å². The van der Waals surface area contributed by atoms with Gasteiger partial charge in [0.25, 0.3) is 0 Å². The zero-order valence-electron chi connectivity index (χ0n) is 17.4. The molecule has 0 unspecified atom stereocenters. The number of carbonyl (C=O) groups is 1. The van der Waals surface area contributed by atoms with Crippen molar-refractivity contribution in [1.82, 2.24) is 4.57 Å². The molecule has 3 aromatic rings. The summed E-state index contributed by atoms with van der Waals surface area (Å²) in [5, 5.41) is 19.2. The van der Waals surface area contributed by atoms with Crippen LogP contribution in [0.5, 0.6) is 5.75 Å². The van der Waals surface area contributed by atoms with Gasteiger partial charge in [0.2, 0.25) is 5.43 Å². The van der Waals surface area contributed by atoms with E-state index in [1.54, 1.807) is 25.1 Å². The molecule has 0 amide bonds. The number of hydrogen-bond acceptors (Lipinski definition) is 4. The molecule has 1 heterocycles. The molecular weight excluding hydrogens is 425 g/mol. The molecular formula is C23H23ClFNO5. The van der Waals surface area contributed by atoms with Crippen molar-refractivity contribution in [3.63, 3.8) is 0 Å². The molecule has 8 heteroatoms. The Kier molecular flexibility index (Phi) is 6.67. The molecule has 0 aliphatic rings. The lowest BCUT2D eigenvalue weighted by molar-refractivity contribution is 0.0694. The van der Waals surface area contributed by atoms with Crippen LogP contribution < -0.4 is 10.2 Å². The number of benzene rings is 2. The van der Waals surface area contributed by atoms with Crippen LogP contribution >= 0.6 is 11.6 Å². The number of pyridine rings is 1. The standard InChI is InChI=1S/C23H23ClFNO5/c1-12(2)31-20-9-19-16(8-15(20)7-14-5-4-6-18(24)21(14)25)22(28)17(23(29)30)10-26(19)13(3)11-27/h4-6,8-10,12-13,27H,7,11H2,1-3H3,(H,29,30)/t13-/m0/s1. The summed E-state index contributed by atoms with van der Waals surface area (Å²) in [5.41, 5.74) is 0.185. The SMILES string of the molecule is CC(C)Oc1cc2c(cc1Cc1cccc(Cl)c1F)c(=O)c(C(=O)O)cn2[C@@H](C)CO. The molecule has 31 heavy (non-hydrogen) atoms. The molecule has 3 rings (SSSR count). The van der Waals surface area contributed by atoms with Gasteiger partial charge in [-0.1, -0.05) is 23.7 Å². The third-order valence-electron chi connectivity index (χ3n) is 4.96. The molecule has 2 N–H and O–H groups in total. The third kappa shape index (κ3) is 4.57. The van der Waals surface area contributed by atoms with E-state index in [-0.39, 0.29) is 29.5 Å². The van der Waals surface area contributed by atoms with Gasteiger partial charge in [0.15, 0.2) is 0 Å². The first-order valence-corrected chi connectivity index (χ1v) is 10.2. The van der Waals surface area contributed by atoms with Crippen molar-refractivity contribution in [2.24, 2.45) is 0 Å². The number of fused-ring (bicyclic) bond motifs is 1. The molecule has 2 aromatic carbocycles. The smallest absolute Gasteiger partial charge is 0.341 e. The van der Waals surface area contributed by atoms with Gasteiger partial charge in [0.1, 0.15) is 17.1 Å². The quantitative estimate of drug-likeness (QED) is 0.559. The van der Waals surface area contributed by atoms with Gasteiger partial charge < -0.3 is 19.5 Å². The lowest BCUT2D eigenvalue weighted by atomic mass is 9.99. The van der Waals surface area contributed by atoms with Crippen LogP contribution in [0.3, 0.4) is 0 Å². The summed E-state index contributed by atoms with van der Waals surface area (Å²) in [4.78, 5) is 24.5. The summed E-state index contributed by atoms with van der Waals surface area (Å²) in [7, 11) is 0. The van der Waals surface area contributed by atoms with Crippen LogP contribution in [0.2, 0.25) is 5.02 Å². The number of aliphatic hydroxyl groups excluding tert-OH is 1. The van der Waals surface area contributed by atoms with Crippen molar-refractivity contribution in [3.05, 3.63) is 74.3 Å². The predicted molar refractivity (Wildman–Crippen MR) is 117 cm³/mol. The number of aromatic nitrogens is 1. The van der Waals surface area contributed by atoms with Crippen LogP contribution in [0, 0.1) is 5.82 Å². The molecule has 164 valence electrons. The Bertz CT molecular complexity index is 1200. The summed E-state index contributed by atoms with van der Waals surface area (Å²) < 4.78 is 22.0. The number of rotatable bonds is 7. The Labute approximate surface area is 183 Å². The average Bonchev–Trinajstić information content (AvgIpc) is 2.71. The summed E-state index contributed by atoms with van der Waals surface area (Å²) in [6.45, 7) is 5.12. The Morgan fingerprint density at radius 2 is 1.94 bits per heavy atom. The number of aliphatic hydroxyl groups is 1. The highest BCUT2D eigenvalue weighted by Crippen LogP contribution is 2.31. The number of nitrogens with zero attached hydrogens (tertiary/aromatic N) is 1. The van der Waals surface area contributed by atoms with E-state index in [1.807, 2.05) is 13.8 Å². The van der Waals surface area contributed by atoms with Crippen LogP contribution in [0.1, 0.15) is 48.3 Å². The lowest BCUT2D eigenvalue weighted by Gasteiger charge is -2.21. The van der Waals surface area contributed by atoms with Gasteiger partial charge in [0.05, 0.1) is 29.3 Å². The van der Waals surface area contributed by atoms with E-state index in [2.05, 4.69) is 0 Å². The summed E-state index contributed by atoms with van der Waals surface area (Å²) in [6, 6.07) is 7.34. The lowest BCUT2D eigenvalue weighted by Crippen LogP contribution is -2.22. The maximum Gasteiger partial charge on any atom is 0.341 e. The Morgan fingerprint density at radius 1 is 1.23 bits per heavy atom. The highest BCUT2D eigenvalue weighted by molar-refractivity contribution is 6.30.